The number of carbonyl (C=O) groups excluding carboxylic acids is 2. The molecule has 104 valence electrons. The Bertz CT molecular complexity index is 310. The normalized spacial score (nSPS) is 20.7. The van der Waals surface area contributed by atoms with E-state index in [-0.39, 0.29) is 31.0 Å². The van der Waals surface area contributed by atoms with Gasteiger partial charge in [-0.2, -0.15) is 0 Å². The molecule has 0 aliphatic carbocycles. The second-order valence-corrected chi connectivity index (χ2v) is 5.85. The predicted octanol–water partition coefficient (Wildman–Crippen LogP) is 0.522. The third kappa shape index (κ3) is 3.98. The highest BCUT2D eigenvalue weighted by atomic mass is 16.3. The molecule has 5 heteroatoms. The zero-order valence-corrected chi connectivity index (χ0v) is 11.5. The van der Waals surface area contributed by atoms with Crippen molar-refractivity contribution in [2.24, 2.45) is 5.41 Å². The average Bonchev–Trinajstić information content (AvgIpc) is 2.34. The van der Waals surface area contributed by atoms with E-state index in [4.69, 9.17) is 0 Å². The molecule has 0 saturated carbocycles. The fourth-order valence-electron chi connectivity index (χ4n) is 2.04. The van der Waals surface area contributed by atoms with Crippen molar-refractivity contribution in [3.63, 3.8) is 0 Å². The lowest BCUT2D eigenvalue weighted by atomic mass is 9.96. The molecule has 2 N–H and O–H groups in total. The van der Waals surface area contributed by atoms with Crippen molar-refractivity contribution in [3.8, 4) is 0 Å². The predicted molar refractivity (Wildman–Crippen MR) is 68.9 cm³/mol. The summed E-state index contributed by atoms with van der Waals surface area (Å²) in [6.07, 6.45) is 2.86. The molecule has 1 fully saturated rings. The second kappa shape index (κ2) is 6.18. The molecule has 1 heterocycles. The quantitative estimate of drug-likeness (QED) is 0.773. The monoisotopic (exact) mass is 256 g/mol. The number of nitrogens with one attached hydrogen (secondary N) is 1. The van der Waals surface area contributed by atoms with E-state index in [0.29, 0.717) is 6.54 Å². The first-order chi connectivity index (χ1) is 8.36. The van der Waals surface area contributed by atoms with Gasteiger partial charge in [-0.1, -0.05) is 20.8 Å². The van der Waals surface area contributed by atoms with Crippen LogP contribution in [0.1, 0.15) is 40.0 Å². The van der Waals surface area contributed by atoms with Crippen molar-refractivity contribution in [1.29, 1.82) is 0 Å². The summed E-state index contributed by atoms with van der Waals surface area (Å²) in [5.41, 5.74) is -0.488. The molecule has 1 rings (SSSR count). The van der Waals surface area contributed by atoms with Gasteiger partial charge in [-0.15, -0.1) is 0 Å². The molecule has 0 aromatic rings. The van der Waals surface area contributed by atoms with Crippen LogP contribution >= 0.6 is 0 Å². The lowest BCUT2D eigenvalue weighted by Crippen LogP contribution is -2.50. The molecule has 0 spiro atoms. The minimum absolute atomic E-state index is 0.00103. The molecular formula is C13H24N2O3. The number of hydrogen-bond acceptors (Lipinski definition) is 3. The van der Waals surface area contributed by atoms with Crippen LogP contribution in [0.5, 0.6) is 0 Å². The van der Waals surface area contributed by atoms with Gasteiger partial charge >= 0.3 is 0 Å². The maximum absolute atomic E-state index is 12.0. The Balaban J connectivity index is 2.47. The van der Waals surface area contributed by atoms with Crippen LogP contribution in [0.25, 0.3) is 0 Å². The summed E-state index contributed by atoms with van der Waals surface area (Å²) in [5, 5.41) is 11.9. The Morgan fingerprint density at radius 1 is 1.33 bits per heavy atom. The molecule has 1 unspecified atom stereocenters. The summed E-state index contributed by atoms with van der Waals surface area (Å²) >= 11 is 0. The number of likely N-dealkylation sites (tertiary alicyclic amines) is 1. The molecular weight excluding hydrogens is 232 g/mol. The van der Waals surface area contributed by atoms with Gasteiger partial charge in [0.1, 0.15) is 0 Å². The van der Waals surface area contributed by atoms with Gasteiger partial charge in [0.25, 0.3) is 0 Å². The topological polar surface area (TPSA) is 69.6 Å². The second-order valence-electron chi connectivity index (χ2n) is 5.85. The lowest BCUT2D eigenvalue weighted by Gasteiger charge is -2.34. The van der Waals surface area contributed by atoms with E-state index in [9.17, 15) is 14.7 Å². The zero-order chi connectivity index (χ0) is 13.8. The van der Waals surface area contributed by atoms with Crippen molar-refractivity contribution >= 4 is 11.8 Å². The van der Waals surface area contributed by atoms with Crippen LogP contribution in [-0.2, 0) is 9.59 Å². The number of rotatable bonds is 3. The summed E-state index contributed by atoms with van der Waals surface area (Å²) < 4.78 is 0. The minimum Gasteiger partial charge on any atom is -0.394 e. The number of nitrogens with zero attached hydrogens (tertiary/aromatic N) is 1. The summed E-state index contributed by atoms with van der Waals surface area (Å²) in [4.78, 5) is 25.4. The summed E-state index contributed by atoms with van der Waals surface area (Å²) in [7, 11) is 0. The van der Waals surface area contributed by atoms with E-state index in [1.54, 1.807) is 4.90 Å². The third-order valence-electron chi connectivity index (χ3n) is 3.24. The summed E-state index contributed by atoms with van der Waals surface area (Å²) in [5.74, 6) is -0.236. The molecule has 1 atom stereocenters. The first kappa shape index (κ1) is 15.0. The molecule has 1 saturated heterocycles. The van der Waals surface area contributed by atoms with E-state index >= 15 is 0 Å². The largest absolute Gasteiger partial charge is 0.394 e. The number of piperidine rings is 1. The maximum atomic E-state index is 12.0. The fraction of sp³-hybridized carbons (Fsp3) is 0.846. The van der Waals surface area contributed by atoms with Crippen LogP contribution in [0.3, 0.4) is 0 Å². The number of hydrogen-bond donors (Lipinski definition) is 2. The van der Waals surface area contributed by atoms with Gasteiger partial charge in [-0.05, 0) is 19.3 Å². The summed E-state index contributed by atoms with van der Waals surface area (Å²) in [6, 6.07) is -0.0854. The van der Waals surface area contributed by atoms with Crippen LogP contribution in [0, 0.1) is 5.41 Å². The van der Waals surface area contributed by atoms with Crippen molar-refractivity contribution < 1.29 is 14.7 Å². The SMILES string of the molecule is CC(C)(C)C(=O)NCC(=O)N1CCCCC1CO. The number of aliphatic hydroxyl groups is 1. The van der Waals surface area contributed by atoms with Gasteiger partial charge in [-0.25, -0.2) is 0 Å². The van der Waals surface area contributed by atoms with Gasteiger partial charge in [-0.3, -0.25) is 9.59 Å². The van der Waals surface area contributed by atoms with Crippen LogP contribution < -0.4 is 5.32 Å². The van der Waals surface area contributed by atoms with Crippen LogP contribution in [0.2, 0.25) is 0 Å². The highest BCUT2D eigenvalue weighted by Gasteiger charge is 2.27. The lowest BCUT2D eigenvalue weighted by molar-refractivity contribution is -0.138. The van der Waals surface area contributed by atoms with Crippen molar-refractivity contribution in [1.82, 2.24) is 10.2 Å². The minimum atomic E-state index is -0.488. The average molecular weight is 256 g/mol. The molecule has 0 aromatic carbocycles. The molecule has 0 radical (unpaired) electrons. The van der Waals surface area contributed by atoms with Gasteiger partial charge in [0.15, 0.2) is 0 Å². The standard InChI is InChI=1S/C13H24N2O3/c1-13(2,3)12(18)14-8-11(17)15-7-5-4-6-10(15)9-16/h10,16H,4-9H2,1-3H3,(H,14,18). The Labute approximate surface area is 109 Å². The Kier molecular flexibility index (Phi) is 5.14. The molecule has 0 bridgehead atoms. The fourth-order valence-corrected chi connectivity index (χ4v) is 2.04. The molecule has 1 aliphatic heterocycles. The van der Waals surface area contributed by atoms with Gasteiger partial charge in [0.2, 0.25) is 11.8 Å². The van der Waals surface area contributed by atoms with Crippen LogP contribution in [-0.4, -0.2) is 47.6 Å². The van der Waals surface area contributed by atoms with Crippen LogP contribution in [0.15, 0.2) is 0 Å². The van der Waals surface area contributed by atoms with Crippen molar-refractivity contribution in [2.45, 2.75) is 46.1 Å². The van der Waals surface area contributed by atoms with Crippen molar-refractivity contribution in [3.05, 3.63) is 0 Å². The smallest absolute Gasteiger partial charge is 0.242 e. The number of carbonyl (C=O) groups is 2. The highest BCUT2D eigenvalue weighted by molar-refractivity contribution is 5.87. The maximum Gasteiger partial charge on any atom is 0.242 e. The highest BCUT2D eigenvalue weighted by Crippen LogP contribution is 2.17. The third-order valence-corrected chi connectivity index (χ3v) is 3.24. The van der Waals surface area contributed by atoms with E-state index in [1.807, 2.05) is 20.8 Å². The van der Waals surface area contributed by atoms with E-state index < -0.39 is 5.41 Å². The molecule has 1 aliphatic rings. The summed E-state index contributed by atoms with van der Waals surface area (Å²) in [6.45, 7) is 6.12. The zero-order valence-electron chi connectivity index (χ0n) is 11.5. The Morgan fingerprint density at radius 2 is 2.00 bits per heavy atom. The Morgan fingerprint density at radius 3 is 2.56 bits per heavy atom. The molecule has 2 amide bonds. The van der Waals surface area contributed by atoms with E-state index in [1.165, 1.54) is 0 Å². The van der Waals surface area contributed by atoms with E-state index in [0.717, 1.165) is 19.3 Å². The molecule has 18 heavy (non-hydrogen) atoms. The van der Waals surface area contributed by atoms with Crippen molar-refractivity contribution in [2.75, 3.05) is 19.7 Å². The first-order valence-electron chi connectivity index (χ1n) is 6.55. The van der Waals surface area contributed by atoms with Gasteiger partial charge in [0, 0.05) is 12.0 Å². The van der Waals surface area contributed by atoms with Crippen LogP contribution in [0.4, 0.5) is 0 Å². The first-order valence-corrected chi connectivity index (χ1v) is 6.55. The number of aliphatic hydroxyl groups excluding tert-OH is 1. The molecule has 0 aromatic heterocycles. The molecule has 5 nitrogen and oxygen atoms in total. The van der Waals surface area contributed by atoms with E-state index in [2.05, 4.69) is 5.32 Å². The number of amides is 2. The van der Waals surface area contributed by atoms with Gasteiger partial charge in [0.05, 0.1) is 19.2 Å². The van der Waals surface area contributed by atoms with Gasteiger partial charge < -0.3 is 15.3 Å². The Hall–Kier alpha value is -1.10.